The third-order valence-electron chi connectivity index (χ3n) is 14.7. The lowest BCUT2D eigenvalue weighted by Crippen LogP contribution is -2.59. The molecule has 0 radical (unpaired) electrons. The molecular weight excluding hydrogens is 670 g/mol. The quantitative estimate of drug-likeness (QED) is 0.210. The highest BCUT2D eigenvalue weighted by Gasteiger charge is 2.65. The Labute approximate surface area is 313 Å². The Morgan fingerprint density at radius 1 is 0.925 bits per heavy atom. The summed E-state index contributed by atoms with van der Waals surface area (Å²) in [6.07, 6.45) is 20.8. The summed E-state index contributed by atoms with van der Waals surface area (Å²) in [5.74, 6) is 2.05. The van der Waals surface area contributed by atoms with E-state index >= 15 is 0 Å². The lowest BCUT2D eigenvalue weighted by molar-refractivity contribution is -0.689. The van der Waals surface area contributed by atoms with Crippen molar-refractivity contribution in [1.82, 2.24) is 14.1 Å². The van der Waals surface area contributed by atoms with Gasteiger partial charge in [-0.1, -0.05) is 26.8 Å². The Kier molecular flexibility index (Phi) is 9.72. The van der Waals surface area contributed by atoms with Gasteiger partial charge in [-0.3, -0.25) is 4.79 Å². The van der Waals surface area contributed by atoms with Gasteiger partial charge in [-0.15, -0.1) is 0 Å². The first kappa shape index (κ1) is 36.0. The molecule has 0 unspecified atom stereocenters. The third kappa shape index (κ3) is 6.93. The second-order valence-electron chi connectivity index (χ2n) is 17.5. The molecule has 0 N–H and O–H groups in total. The molecule has 0 spiro atoms. The number of fused-ring (bicyclic) bond motifs is 7. The van der Waals surface area contributed by atoms with Crippen LogP contribution in [-0.4, -0.2) is 51.3 Å². The summed E-state index contributed by atoms with van der Waals surface area (Å²) in [6.45, 7) is 8.68. The minimum Gasteiger partial charge on any atom is -0.469 e. The van der Waals surface area contributed by atoms with Crippen molar-refractivity contribution in [2.24, 2.45) is 46.3 Å². The molecule has 6 aliphatic rings. The molecule has 3 aromatic heterocycles. The molecular formula is C42H57N5O6+2. The zero-order valence-electron chi connectivity index (χ0n) is 31.9. The van der Waals surface area contributed by atoms with E-state index in [-0.39, 0.29) is 54.0 Å². The number of pyridine rings is 1. The molecule has 4 saturated carbocycles. The second-order valence-corrected chi connectivity index (χ2v) is 17.5. The summed E-state index contributed by atoms with van der Waals surface area (Å²) < 4.78 is 25.8. The van der Waals surface area contributed by atoms with E-state index in [2.05, 4.69) is 20.8 Å². The molecule has 0 saturated heterocycles. The zero-order chi connectivity index (χ0) is 36.9. The largest absolute Gasteiger partial charge is 0.469 e. The SMILES string of the molecule is COC(=O)CC[C@@H](C)[C@H]1CC[C@H]2[C@@H]3CC[C@@H]4C[C@H]5CC[C@]4(C)[C@H]3C[C@H](OC(=O)Cn3cc[n+](c3)Cc3cccc(n3)C[n+]3ccn(c3)CC(=O)O5)[C@]12C. The van der Waals surface area contributed by atoms with E-state index in [0.717, 1.165) is 62.8 Å². The van der Waals surface area contributed by atoms with Gasteiger partial charge in [0.2, 0.25) is 12.7 Å². The van der Waals surface area contributed by atoms with Crippen molar-refractivity contribution in [3.05, 3.63) is 67.0 Å². The molecule has 284 valence electrons. The van der Waals surface area contributed by atoms with Gasteiger partial charge in [0, 0.05) is 11.8 Å². The monoisotopic (exact) mass is 727 g/mol. The van der Waals surface area contributed by atoms with Crippen molar-refractivity contribution < 1.29 is 37.7 Å². The topological polar surface area (TPSA) is 109 Å². The van der Waals surface area contributed by atoms with E-state index in [1.54, 1.807) is 0 Å². The Bertz CT molecular complexity index is 1840. The first-order valence-electron chi connectivity index (χ1n) is 20.0. The predicted octanol–water partition coefficient (Wildman–Crippen LogP) is 5.05. The maximum absolute atomic E-state index is 14.0. The van der Waals surface area contributed by atoms with E-state index in [1.165, 1.54) is 13.5 Å². The summed E-state index contributed by atoms with van der Waals surface area (Å²) in [5.41, 5.74) is 1.77. The average Bonchev–Trinajstić information content (AvgIpc) is 3.86. The lowest BCUT2D eigenvalue weighted by atomic mass is 9.43. The van der Waals surface area contributed by atoms with E-state index in [1.807, 2.05) is 73.9 Å². The number of hydrogen-bond donors (Lipinski definition) is 0. The molecule has 9 rings (SSSR count). The van der Waals surface area contributed by atoms with Crippen LogP contribution in [0.1, 0.15) is 96.4 Å². The Morgan fingerprint density at radius 3 is 2.28 bits per heavy atom. The Morgan fingerprint density at radius 2 is 1.60 bits per heavy atom. The molecule has 11 bridgehead atoms. The predicted molar refractivity (Wildman–Crippen MR) is 192 cm³/mol. The average molecular weight is 728 g/mol. The summed E-state index contributed by atoms with van der Waals surface area (Å²) >= 11 is 0. The fourth-order valence-corrected chi connectivity index (χ4v) is 12.1. The summed E-state index contributed by atoms with van der Waals surface area (Å²) in [7, 11) is 1.46. The number of ether oxygens (including phenoxy) is 3. The minimum atomic E-state index is -0.204. The number of rotatable bonds is 4. The standard InChI is InChI=1S/C42H57N5O6/c1-28(8-13-38(48)51-4)34-11-12-35-33-10-9-29-20-32-14-15-41(29,2)36(33)21-37(42(34,35)3)53-40(50)25-47-19-17-45(27-47)23-31-7-5-6-30(43-31)22-44-16-18-46(26-44)24-39(49)52-32/h5-7,16-19,26-29,32-37H,8-15,20-25H2,1-4H3/q+2/t28-,29-,32-,33+,34-,35+,36+,37+,41+,42-/m1/s1. The van der Waals surface area contributed by atoms with Crippen LogP contribution in [0.4, 0.5) is 0 Å². The molecule has 53 heavy (non-hydrogen) atoms. The van der Waals surface area contributed by atoms with Gasteiger partial charge < -0.3 is 14.2 Å². The van der Waals surface area contributed by atoms with Gasteiger partial charge in [-0.05, 0) is 111 Å². The van der Waals surface area contributed by atoms with Gasteiger partial charge in [0.05, 0.1) is 18.5 Å². The van der Waals surface area contributed by atoms with E-state index in [9.17, 15) is 14.4 Å². The van der Waals surface area contributed by atoms with Crippen molar-refractivity contribution in [2.75, 3.05) is 7.11 Å². The highest BCUT2D eigenvalue weighted by Crippen LogP contribution is 2.69. The Hall–Kier alpha value is -4.02. The normalized spacial score (nSPS) is 34.8. The molecule has 5 heterocycles. The van der Waals surface area contributed by atoms with Crippen LogP contribution >= 0.6 is 0 Å². The summed E-state index contributed by atoms with van der Waals surface area (Å²) in [5, 5.41) is 0. The number of methoxy groups -OCH3 is 1. The van der Waals surface area contributed by atoms with Gasteiger partial charge in [-0.2, -0.15) is 0 Å². The highest BCUT2D eigenvalue weighted by molar-refractivity contribution is 5.70. The minimum absolute atomic E-state index is 0.0735. The van der Waals surface area contributed by atoms with Crippen LogP contribution in [0.3, 0.4) is 0 Å². The molecule has 2 aliphatic heterocycles. The van der Waals surface area contributed by atoms with Crippen molar-refractivity contribution in [3.63, 3.8) is 0 Å². The first-order chi connectivity index (χ1) is 25.5. The van der Waals surface area contributed by atoms with Crippen LogP contribution < -0.4 is 9.13 Å². The smallest absolute Gasteiger partial charge is 0.348 e. The van der Waals surface area contributed by atoms with Crippen LogP contribution in [0, 0.1) is 46.3 Å². The molecule has 11 heteroatoms. The van der Waals surface area contributed by atoms with E-state index in [4.69, 9.17) is 19.2 Å². The molecule has 4 aliphatic carbocycles. The second kappa shape index (κ2) is 14.3. The van der Waals surface area contributed by atoms with Gasteiger partial charge in [-0.25, -0.2) is 32.8 Å². The van der Waals surface area contributed by atoms with Crippen molar-refractivity contribution in [1.29, 1.82) is 0 Å². The number of imidazole rings is 2. The lowest BCUT2D eigenvalue weighted by Gasteiger charge is -2.62. The van der Waals surface area contributed by atoms with Crippen LogP contribution in [0.2, 0.25) is 0 Å². The van der Waals surface area contributed by atoms with Gasteiger partial charge in [0.25, 0.3) is 0 Å². The van der Waals surface area contributed by atoms with Crippen molar-refractivity contribution >= 4 is 17.9 Å². The number of hydrogen-bond acceptors (Lipinski definition) is 7. The third-order valence-corrected chi connectivity index (χ3v) is 14.7. The number of carbonyl (C=O) groups excluding carboxylic acids is 3. The van der Waals surface area contributed by atoms with Crippen LogP contribution in [0.5, 0.6) is 0 Å². The number of esters is 3. The number of carbonyl (C=O) groups is 3. The fourth-order valence-electron chi connectivity index (χ4n) is 12.1. The maximum atomic E-state index is 14.0. The molecule has 4 fully saturated rings. The fraction of sp³-hybridized carbons (Fsp3) is 0.667. The van der Waals surface area contributed by atoms with Gasteiger partial charge >= 0.3 is 17.9 Å². The van der Waals surface area contributed by atoms with Gasteiger partial charge in [0.15, 0.2) is 13.1 Å². The molecule has 10 atom stereocenters. The zero-order valence-corrected chi connectivity index (χ0v) is 31.9. The maximum Gasteiger partial charge on any atom is 0.348 e. The van der Waals surface area contributed by atoms with Crippen LogP contribution in [0.25, 0.3) is 0 Å². The van der Waals surface area contributed by atoms with E-state index < -0.39 is 0 Å². The summed E-state index contributed by atoms with van der Waals surface area (Å²) in [4.78, 5) is 44.3. The number of aromatic nitrogens is 5. The van der Waals surface area contributed by atoms with Gasteiger partial charge in [0.1, 0.15) is 50.1 Å². The van der Waals surface area contributed by atoms with Crippen molar-refractivity contribution in [3.8, 4) is 0 Å². The molecule has 11 nitrogen and oxygen atoms in total. The first-order valence-corrected chi connectivity index (χ1v) is 20.0. The molecule has 3 aromatic rings. The van der Waals surface area contributed by atoms with Crippen molar-refractivity contribution in [2.45, 2.75) is 123 Å². The van der Waals surface area contributed by atoms with Crippen LogP contribution in [0.15, 0.2) is 55.6 Å². The number of nitrogens with zero attached hydrogens (tertiary/aromatic N) is 5. The van der Waals surface area contributed by atoms with E-state index in [0.29, 0.717) is 55.0 Å². The highest BCUT2D eigenvalue weighted by atomic mass is 16.5. The van der Waals surface area contributed by atoms with Crippen LogP contribution in [-0.2, 0) is 54.8 Å². The Balaban J connectivity index is 1.10. The summed E-state index contributed by atoms with van der Waals surface area (Å²) in [6, 6.07) is 6.04. The molecule has 0 aromatic carbocycles. The molecule has 0 amide bonds.